The summed E-state index contributed by atoms with van der Waals surface area (Å²) in [5.41, 5.74) is -0.946. The minimum absolute atomic E-state index is 0. The van der Waals surface area contributed by atoms with Crippen molar-refractivity contribution >= 4 is 89.6 Å². The summed E-state index contributed by atoms with van der Waals surface area (Å²) in [5.74, 6) is -3.47. The van der Waals surface area contributed by atoms with Gasteiger partial charge in [0.15, 0.2) is 33.7 Å². The van der Waals surface area contributed by atoms with Gasteiger partial charge in [0.05, 0.1) is 50.5 Å². The second-order valence-corrected chi connectivity index (χ2v) is 13.5. The van der Waals surface area contributed by atoms with E-state index in [2.05, 4.69) is 44.3 Å². The molecule has 3 aromatic carbocycles. The van der Waals surface area contributed by atoms with Crippen LogP contribution in [0.2, 0.25) is 5.02 Å². The van der Waals surface area contributed by atoms with Crippen LogP contribution in [0.5, 0.6) is 5.75 Å². The molecule has 0 amide bonds. The number of fused-ring (bicyclic) bond motifs is 1. The molecule has 2 N–H and O–H groups in total. The van der Waals surface area contributed by atoms with Gasteiger partial charge in [-0.1, -0.05) is 19.0 Å². The van der Waals surface area contributed by atoms with Crippen LogP contribution in [0.25, 0.3) is 10.8 Å². The molecular weight excluding hydrogens is 825 g/mol. The van der Waals surface area contributed by atoms with Crippen molar-refractivity contribution in [2.24, 2.45) is 10.2 Å². The zero-order chi connectivity index (χ0) is 34.4. The Kier molecular flexibility index (Phi) is 22.7. The van der Waals surface area contributed by atoms with Crippen LogP contribution in [-0.4, -0.2) is 48.8 Å². The van der Waals surface area contributed by atoms with Crippen molar-refractivity contribution in [3.63, 3.8) is 0 Å². The molecule has 0 fully saturated rings. The first-order chi connectivity index (χ1) is 22.2. The van der Waals surface area contributed by atoms with E-state index in [-0.39, 0.29) is 153 Å². The number of nitrogens with one attached hydrogen (secondary N) is 1. The third kappa shape index (κ3) is 13.7. The first-order valence-corrected chi connectivity index (χ1v) is 16.7. The van der Waals surface area contributed by atoms with Crippen molar-refractivity contribution < 1.29 is 157 Å². The van der Waals surface area contributed by atoms with E-state index in [1.807, 2.05) is 0 Å². The van der Waals surface area contributed by atoms with Gasteiger partial charge in [0.2, 0.25) is 5.95 Å². The Morgan fingerprint density at radius 2 is 1.61 bits per heavy atom. The first kappa shape index (κ1) is 50.6. The van der Waals surface area contributed by atoms with Gasteiger partial charge in [0.25, 0.3) is 0 Å². The molecule has 28 heteroatoms. The summed E-state index contributed by atoms with van der Waals surface area (Å²) in [6.45, 7) is -0.353. The molecule has 1 heterocycles. The van der Waals surface area contributed by atoms with Crippen molar-refractivity contribution in [1.29, 1.82) is 0 Å². The SMILES string of the molecule is C.O=S(=O)([O-])c1cc2cc(SOO[O-])c(N=Nc3ccc(S(=O)(=O)CCOSOO[O-])cc3)c(O)c2cc1Nc1nc(F)nc(F)c1Cl.[Na+].[Na+].[Na+]. The number of phenols is 1. The molecule has 0 bridgehead atoms. The van der Waals surface area contributed by atoms with Crippen molar-refractivity contribution in [3.05, 3.63) is 59.5 Å². The number of hydrogen-bond donors (Lipinski definition) is 2. The summed E-state index contributed by atoms with van der Waals surface area (Å²) < 4.78 is 102. The zero-order valence-electron chi connectivity index (χ0n) is 25.4. The Labute approximate surface area is 367 Å². The molecular formula is C23H17ClF2N5Na3O13S4. The number of azo groups is 1. The van der Waals surface area contributed by atoms with Gasteiger partial charge >= 0.3 is 94.8 Å². The molecule has 0 radical (unpaired) electrons. The van der Waals surface area contributed by atoms with Crippen molar-refractivity contribution in [2.75, 3.05) is 17.7 Å². The summed E-state index contributed by atoms with van der Waals surface area (Å²) in [7, 11) is -9.14. The van der Waals surface area contributed by atoms with E-state index in [0.29, 0.717) is 0 Å². The van der Waals surface area contributed by atoms with E-state index >= 15 is 0 Å². The largest absolute Gasteiger partial charge is 1.00 e. The number of sulfone groups is 1. The summed E-state index contributed by atoms with van der Waals surface area (Å²) in [6.07, 6.45) is -1.58. The number of benzene rings is 3. The zero-order valence-corrected chi connectivity index (χ0v) is 35.4. The Morgan fingerprint density at radius 3 is 2.22 bits per heavy atom. The smallest absolute Gasteiger partial charge is 0.744 e. The van der Waals surface area contributed by atoms with Crippen LogP contribution in [0, 0.1) is 12.0 Å². The summed E-state index contributed by atoms with van der Waals surface area (Å²) in [5, 5.41) is 46.6. The van der Waals surface area contributed by atoms with Crippen LogP contribution in [-0.2, 0) is 42.9 Å². The molecule has 0 spiro atoms. The molecule has 260 valence electrons. The van der Waals surface area contributed by atoms with Gasteiger partial charge in [0.1, 0.15) is 20.8 Å². The fourth-order valence-electron chi connectivity index (χ4n) is 3.65. The predicted octanol–water partition coefficient (Wildman–Crippen LogP) is -5.21. The average Bonchev–Trinajstić information content (AvgIpc) is 3.01. The maximum atomic E-state index is 13.9. The Morgan fingerprint density at radius 1 is 0.961 bits per heavy atom. The topological polar surface area (TPSA) is 266 Å². The molecule has 4 rings (SSSR count). The van der Waals surface area contributed by atoms with Crippen LogP contribution < -0.4 is 105 Å². The molecule has 0 aliphatic rings. The number of nitrogens with zero attached hydrogens (tertiary/aromatic N) is 4. The van der Waals surface area contributed by atoms with E-state index < -0.39 is 70.6 Å². The summed E-state index contributed by atoms with van der Waals surface area (Å²) in [6, 6.07) is 7.70. The quantitative estimate of drug-likeness (QED) is 0.0130. The molecule has 0 saturated heterocycles. The molecule has 4 aromatic rings. The minimum atomic E-state index is -5.30. The molecule has 18 nitrogen and oxygen atoms in total. The number of aromatic hydroxyl groups is 1. The monoisotopic (exact) mass is 841 g/mol. The van der Waals surface area contributed by atoms with E-state index in [0.717, 1.165) is 18.2 Å². The van der Waals surface area contributed by atoms with Crippen molar-refractivity contribution in [1.82, 2.24) is 9.97 Å². The molecule has 0 unspecified atom stereocenters. The van der Waals surface area contributed by atoms with Gasteiger partial charge in [0, 0.05) is 5.39 Å². The van der Waals surface area contributed by atoms with Crippen molar-refractivity contribution in [2.45, 2.75) is 22.1 Å². The first-order valence-electron chi connectivity index (χ1n) is 11.8. The Hall–Kier alpha value is -0.370. The van der Waals surface area contributed by atoms with Crippen LogP contribution >= 0.6 is 36.0 Å². The Balaban J connectivity index is 0.00000625. The fraction of sp³-hybridized carbons (Fsp3) is 0.130. The van der Waals surface area contributed by atoms with Gasteiger partial charge < -0.3 is 25.5 Å². The van der Waals surface area contributed by atoms with Gasteiger partial charge in [-0.2, -0.15) is 28.2 Å². The number of aromatic nitrogens is 2. The molecule has 0 aliphatic heterocycles. The fourth-order valence-corrected chi connectivity index (χ4v) is 6.33. The second-order valence-electron chi connectivity index (χ2n) is 8.42. The summed E-state index contributed by atoms with van der Waals surface area (Å²) in [4.78, 5) is 4.75. The van der Waals surface area contributed by atoms with E-state index in [9.17, 15) is 45.8 Å². The average molecular weight is 842 g/mol. The number of halogens is 3. The van der Waals surface area contributed by atoms with Crippen LogP contribution in [0.1, 0.15) is 7.43 Å². The van der Waals surface area contributed by atoms with E-state index in [1.165, 1.54) is 24.3 Å². The van der Waals surface area contributed by atoms with E-state index in [1.54, 1.807) is 0 Å². The minimum Gasteiger partial charge on any atom is -0.744 e. The maximum absolute atomic E-state index is 13.9. The van der Waals surface area contributed by atoms with Crippen LogP contribution in [0.4, 0.5) is 31.7 Å². The van der Waals surface area contributed by atoms with Crippen LogP contribution in [0.15, 0.2) is 67.4 Å². The second kappa shape index (κ2) is 22.9. The maximum Gasteiger partial charge on any atom is 1.00 e. The van der Waals surface area contributed by atoms with Gasteiger partial charge in [-0.3, -0.25) is 14.3 Å². The Bertz CT molecular complexity index is 2050. The van der Waals surface area contributed by atoms with Gasteiger partial charge in [-0.05, 0) is 47.9 Å². The standard InChI is InChI=1S/C22H16ClF2N5O13S4.CH4.3Na/c23-17-20(24)27-22(25)28-21(17)26-14-9-13-10(8-16(14)47(36,37)38)7-15(44-42-40-32)18(19(13)31)30-29-11-1-3-12(4-2-11)46(34,35)6-5-39-45-43-41-33;;;;/h1-4,7-9,31-33H,5-6H2,(H,26,27,28)(H,36,37,38);1H4;;;/q;;3*+1/p-3. The van der Waals surface area contributed by atoms with Crippen molar-refractivity contribution in [3.8, 4) is 5.75 Å². The third-order valence-corrected chi connectivity index (χ3v) is 9.50. The predicted molar refractivity (Wildman–Crippen MR) is 157 cm³/mol. The van der Waals surface area contributed by atoms with E-state index in [4.69, 9.17) is 15.8 Å². The number of rotatable bonds is 15. The number of hydrogen-bond acceptors (Lipinski definition) is 20. The summed E-state index contributed by atoms with van der Waals surface area (Å²) >= 11 is 6.11. The molecule has 0 saturated carbocycles. The van der Waals surface area contributed by atoms with Crippen LogP contribution in [0.3, 0.4) is 0 Å². The molecule has 1 aromatic heterocycles. The third-order valence-electron chi connectivity index (χ3n) is 5.61. The molecule has 0 atom stereocenters. The normalized spacial score (nSPS) is 11.3. The molecule has 0 aliphatic carbocycles. The van der Waals surface area contributed by atoms with Gasteiger partial charge in [-0.25, -0.2) is 16.8 Å². The number of anilines is 2. The number of phenolic OH excluding ortho intramolecular Hbond substituents is 1. The molecule has 51 heavy (non-hydrogen) atoms. The van der Waals surface area contributed by atoms with Gasteiger partial charge in [-0.15, -0.1) is 9.45 Å².